The molecule has 0 atom stereocenters. The zero-order valence-electron chi connectivity index (χ0n) is 10.5. The lowest BCUT2D eigenvalue weighted by atomic mass is 10.3. The highest BCUT2D eigenvalue weighted by Crippen LogP contribution is 2.08. The van der Waals surface area contributed by atoms with Crippen LogP contribution in [0.25, 0.3) is 0 Å². The van der Waals surface area contributed by atoms with Gasteiger partial charge in [0.05, 0.1) is 19.3 Å². The van der Waals surface area contributed by atoms with Crippen LogP contribution in [-0.2, 0) is 11.3 Å². The van der Waals surface area contributed by atoms with Crippen LogP contribution in [0.5, 0.6) is 0 Å². The molecular formula is C13H14FN3O2. The molecule has 0 radical (unpaired) electrons. The Balaban J connectivity index is 1.82. The molecule has 1 N–H and O–H groups in total. The molecule has 0 unspecified atom stereocenters. The van der Waals surface area contributed by atoms with Gasteiger partial charge in [-0.05, 0) is 31.3 Å². The van der Waals surface area contributed by atoms with Crippen molar-refractivity contribution in [2.45, 2.75) is 6.54 Å². The van der Waals surface area contributed by atoms with Gasteiger partial charge in [0.2, 0.25) is 5.91 Å². The van der Waals surface area contributed by atoms with Gasteiger partial charge in [0.15, 0.2) is 5.76 Å². The minimum Gasteiger partial charge on any atom is -0.360 e. The highest BCUT2D eigenvalue weighted by atomic mass is 19.1. The van der Waals surface area contributed by atoms with E-state index in [0.29, 0.717) is 18.0 Å². The molecule has 2 rings (SSSR count). The van der Waals surface area contributed by atoms with Crippen LogP contribution in [0.3, 0.4) is 0 Å². The summed E-state index contributed by atoms with van der Waals surface area (Å²) >= 11 is 0. The monoisotopic (exact) mass is 263 g/mol. The predicted molar refractivity (Wildman–Crippen MR) is 67.9 cm³/mol. The molecule has 1 aromatic heterocycles. The van der Waals surface area contributed by atoms with Crippen LogP contribution in [0.2, 0.25) is 0 Å². The number of aromatic nitrogens is 1. The fraction of sp³-hybridized carbons (Fsp3) is 0.231. The molecule has 0 spiro atoms. The lowest BCUT2D eigenvalue weighted by molar-refractivity contribution is -0.117. The Hall–Kier alpha value is -2.21. The molecule has 5 nitrogen and oxygen atoms in total. The number of hydrogen-bond acceptors (Lipinski definition) is 4. The Morgan fingerprint density at radius 3 is 2.74 bits per heavy atom. The molecule has 0 saturated carbocycles. The Kier molecular flexibility index (Phi) is 4.25. The van der Waals surface area contributed by atoms with Crippen molar-refractivity contribution in [2.24, 2.45) is 0 Å². The SMILES string of the molecule is CN(CC(=O)Nc1ccc(F)cc1)Cc1ccno1. The number of carbonyl (C=O) groups excluding carboxylic acids is 1. The number of amides is 1. The fourth-order valence-electron chi connectivity index (χ4n) is 1.62. The molecule has 0 aliphatic rings. The summed E-state index contributed by atoms with van der Waals surface area (Å²) in [5.74, 6) is 0.186. The lowest BCUT2D eigenvalue weighted by Crippen LogP contribution is -2.29. The van der Waals surface area contributed by atoms with Crippen molar-refractivity contribution in [1.29, 1.82) is 0 Å². The number of nitrogens with one attached hydrogen (secondary N) is 1. The van der Waals surface area contributed by atoms with Gasteiger partial charge in [-0.1, -0.05) is 5.16 Å². The summed E-state index contributed by atoms with van der Waals surface area (Å²) in [6.07, 6.45) is 1.56. The molecule has 1 heterocycles. The van der Waals surface area contributed by atoms with Crippen LogP contribution in [0.15, 0.2) is 41.1 Å². The fourth-order valence-corrected chi connectivity index (χ4v) is 1.62. The van der Waals surface area contributed by atoms with Crippen LogP contribution >= 0.6 is 0 Å². The molecule has 100 valence electrons. The molecule has 0 aliphatic carbocycles. The molecule has 6 heteroatoms. The smallest absolute Gasteiger partial charge is 0.238 e. The molecule has 1 aromatic carbocycles. The maximum Gasteiger partial charge on any atom is 0.238 e. The summed E-state index contributed by atoms with van der Waals surface area (Å²) in [4.78, 5) is 13.5. The highest BCUT2D eigenvalue weighted by Gasteiger charge is 2.09. The molecule has 0 fully saturated rings. The normalized spacial score (nSPS) is 10.7. The van der Waals surface area contributed by atoms with Gasteiger partial charge in [0.25, 0.3) is 0 Å². The number of likely N-dealkylation sites (N-methyl/N-ethyl adjacent to an activating group) is 1. The van der Waals surface area contributed by atoms with Gasteiger partial charge in [-0.25, -0.2) is 4.39 Å². The third-order valence-corrected chi connectivity index (χ3v) is 2.46. The predicted octanol–water partition coefficient (Wildman–Crippen LogP) is 1.88. The quantitative estimate of drug-likeness (QED) is 0.895. The first kappa shape index (κ1) is 13.2. The van der Waals surface area contributed by atoms with Crippen molar-refractivity contribution in [1.82, 2.24) is 10.1 Å². The summed E-state index contributed by atoms with van der Waals surface area (Å²) < 4.78 is 17.7. The Morgan fingerprint density at radius 1 is 1.37 bits per heavy atom. The summed E-state index contributed by atoms with van der Waals surface area (Å²) in [5.41, 5.74) is 0.569. The van der Waals surface area contributed by atoms with Crippen LogP contribution in [-0.4, -0.2) is 29.6 Å². The maximum absolute atomic E-state index is 12.7. The number of halogens is 1. The maximum atomic E-state index is 12.7. The Bertz CT molecular complexity index is 525. The number of nitrogens with zero attached hydrogens (tertiary/aromatic N) is 2. The highest BCUT2D eigenvalue weighted by molar-refractivity contribution is 5.92. The summed E-state index contributed by atoms with van der Waals surface area (Å²) in [6.45, 7) is 0.703. The number of hydrogen-bond donors (Lipinski definition) is 1. The van der Waals surface area contributed by atoms with Crippen molar-refractivity contribution in [3.05, 3.63) is 48.1 Å². The van der Waals surface area contributed by atoms with Gasteiger partial charge in [-0.15, -0.1) is 0 Å². The number of anilines is 1. The van der Waals surface area contributed by atoms with E-state index in [4.69, 9.17) is 4.52 Å². The van der Waals surface area contributed by atoms with Gasteiger partial charge < -0.3 is 9.84 Å². The number of benzene rings is 1. The first-order valence-corrected chi connectivity index (χ1v) is 5.77. The zero-order valence-corrected chi connectivity index (χ0v) is 10.5. The van der Waals surface area contributed by atoms with E-state index in [9.17, 15) is 9.18 Å². The lowest BCUT2D eigenvalue weighted by Gasteiger charge is -2.14. The van der Waals surface area contributed by atoms with Crippen LogP contribution < -0.4 is 5.32 Å². The van der Waals surface area contributed by atoms with Crippen molar-refractivity contribution >= 4 is 11.6 Å². The Morgan fingerprint density at radius 2 is 2.11 bits per heavy atom. The van der Waals surface area contributed by atoms with Gasteiger partial charge in [0, 0.05) is 11.8 Å². The van der Waals surface area contributed by atoms with E-state index in [1.807, 2.05) is 0 Å². The van der Waals surface area contributed by atoms with Crippen molar-refractivity contribution < 1.29 is 13.7 Å². The van der Waals surface area contributed by atoms with E-state index in [2.05, 4.69) is 10.5 Å². The van der Waals surface area contributed by atoms with E-state index in [1.165, 1.54) is 24.3 Å². The molecule has 0 saturated heterocycles. The summed E-state index contributed by atoms with van der Waals surface area (Å²) in [5, 5.41) is 6.28. The van der Waals surface area contributed by atoms with Crippen molar-refractivity contribution in [3.8, 4) is 0 Å². The third kappa shape index (κ3) is 4.18. The first-order chi connectivity index (χ1) is 9.13. The summed E-state index contributed by atoms with van der Waals surface area (Å²) in [7, 11) is 1.80. The van der Waals surface area contributed by atoms with Gasteiger partial charge in [-0.2, -0.15) is 0 Å². The second kappa shape index (κ2) is 6.10. The largest absolute Gasteiger partial charge is 0.360 e. The van der Waals surface area contributed by atoms with E-state index in [1.54, 1.807) is 24.2 Å². The first-order valence-electron chi connectivity index (χ1n) is 5.77. The molecular weight excluding hydrogens is 249 g/mol. The number of carbonyl (C=O) groups is 1. The second-order valence-corrected chi connectivity index (χ2v) is 4.21. The van der Waals surface area contributed by atoms with Gasteiger partial charge >= 0.3 is 0 Å². The van der Waals surface area contributed by atoms with Crippen LogP contribution in [0.4, 0.5) is 10.1 Å². The molecule has 1 amide bonds. The zero-order chi connectivity index (χ0) is 13.7. The second-order valence-electron chi connectivity index (χ2n) is 4.21. The van der Waals surface area contributed by atoms with Crippen LogP contribution in [0, 0.1) is 5.82 Å². The molecule has 0 aliphatic heterocycles. The molecule has 19 heavy (non-hydrogen) atoms. The van der Waals surface area contributed by atoms with Crippen molar-refractivity contribution in [3.63, 3.8) is 0 Å². The summed E-state index contributed by atoms with van der Waals surface area (Å²) in [6, 6.07) is 7.38. The van der Waals surface area contributed by atoms with E-state index < -0.39 is 0 Å². The third-order valence-electron chi connectivity index (χ3n) is 2.46. The van der Waals surface area contributed by atoms with E-state index in [-0.39, 0.29) is 18.3 Å². The minimum absolute atomic E-state index is 0.173. The standard InChI is InChI=1S/C13H14FN3O2/c1-17(8-12-6-7-15-19-12)9-13(18)16-11-4-2-10(14)3-5-11/h2-7H,8-9H2,1H3,(H,16,18). The average molecular weight is 263 g/mol. The van der Waals surface area contributed by atoms with Crippen LogP contribution in [0.1, 0.15) is 5.76 Å². The van der Waals surface area contributed by atoms with E-state index in [0.717, 1.165) is 0 Å². The minimum atomic E-state index is -0.333. The average Bonchev–Trinajstić information content (AvgIpc) is 2.84. The van der Waals surface area contributed by atoms with E-state index >= 15 is 0 Å². The van der Waals surface area contributed by atoms with Crippen molar-refractivity contribution in [2.75, 3.05) is 18.9 Å². The Labute approximate surface area is 110 Å². The number of rotatable bonds is 5. The van der Waals surface area contributed by atoms with Gasteiger partial charge in [-0.3, -0.25) is 9.69 Å². The molecule has 2 aromatic rings. The molecule has 0 bridgehead atoms. The van der Waals surface area contributed by atoms with Gasteiger partial charge in [0.1, 0.15) is 5.82 Å². The topological polar surface area (TPSA) is 58.4 Å².